The predicted molar refractivity (Wildman–Crippen MR) is 80.1 cm³/mol. The minimum Gasteiger partial charge on any atom is -0.496 e. The number of hydrogen-bond acceptors (Lipinski definition) is 3. The summed E-state index contributed by atoms with van der Waals surface area (Å²) < 4.78 is 5.34. The fourth-order valence-electron chi connectivity index (χ4n) is 2.59. The van der Waals surface area contributed by atoms with Crippen molar-refractivity contribution in [1.82, 2.24) is 10.2 Å². The van der Waals surface area contributed by atoms with Crippen molar-refractivity contribution in [3.8, 4) is 5.75 Å². The average Bonchev–Trinajstić information content (AvgIpc) is 2.92. The second-order valence-corrected chi connectivity index (χ2v) is 5.47. The van der Waals surface area contributed by atoms with Gasteiger partial charge in [-0.05, 0) is 31.4 Å². The Hall–Kier alpha value is -2.04. The third kappa shape index (κ3) is 3.54. The molecule has 1 aliphatic heterocycles. The molecule has 0 saturated carbocycles. The summed E-state index contributed by atoms with van der Waals surface area (Å²) in [6.07, 6.45) is 1.74. The van der Waals surface area contributed by atoms with Crippen molar-refractivity contribution < 1.29 is 14.3 Å². The molecule has 0 bridgehead atoms. The number of amides is 2. The van der Waals surface area contributed by atoms with Crippen LogP contribution in [-0.2, 0) is 16.0 Å². The topological polar surface area (TPSA) is 58.6 Å². The summed E-state index contributed by atoms with van der Waals surface area (Å²) in [5.74, 6) is 0.766. The Balaban J connectivity index is 2.00. The predicted octanol–water partition coefficient (Wildman–Crippen LogP) is 1.36. The van der Waals surface area contributed by atoms with E-state index in [1.165, 1.54) is 0 Å². The van der Waals surface area contributed by atoms with Crippen molar-refractivity contribution in [2.45, 2.75) is 38.3 Å². The first-order chi connectivity index (χ1) is 10.0. The maximum absolute atomic E-state index is 12.4. The summed E-state index contributed by atoms with van der Waals surface area (Å²) >= 11 is 0. The zero-order valence-electron chi connectivity index (χ0n) is 12.8. The van der Waals surface area contributed by atoms with Crippen LogP contribution >= 0.6 is 0 Å². The first-order valence-corrected chi connectivity index (χ1v) is 7.21. The first-order valence-electron chi connectivity index (χ1n) is 7.21. The molecule has 2 amide bonds. The fourth-order valence-corrected chi connectivity index (χ4v) is 2.59. The van der Waals surface area contributed by atoms with Gasteiger partial charge >= 0.3 is 0 Å². The maximum atomic E-state index is 12.4. The number of nitrogens with one attached hydrogen (secondary N) is 1. The highest BCUT2D eigenvalue weighted by molar-refractivity contribution is 5.90. The highest BCUT2D eigenvalue weighted by atomic mass is 16.5. The molecule has 1 heterocycles. The van der Waals surface area contributed by atoms with Crippen molar-refractivity contribution in [2.24, 2.45) is 0 Å². The van der Waals surface area contributed by atoms with Crippen LogP contribution in [0.15, 0.2) is 24.3 Å². The summed E-state index contributed by atoms with van der Waals surface area (Å²) in [7, 11) is 3.43. The highest BCUT2D eigenvalue weighted by Gasteiger charge is 2.31. The maximum Gasteiger partial charge on any atom is 0.245 e. The van der Waals surface area contributed by atoms with Crippen molar-refractivity contribution >= 4 is 11.8 Å². The van der Waals surface area contributed by atoms with Gasteiger partial charge in [0.25, 0.3) is 0 Å². The molecule has 0 radical (unpaired) electrons. The second kappa shape index (κ2) is 6.61. The summed E-state index contributed by atoms with van der Waals surface area (Å²) in [4.78, 5) is 25.3. The zero-order valence-corrected chi connectivity index (χ0v) is 12.8. The fraction of sp³-hybridized carbons (Fsp3) is 0.500. The number of likely N-dealkylation sites (N-methyl/N-ethyl adjacent to an activating group) is 1. The molecule has 5 heteroatoms. The van der Waals surface area contributed by atoms with E-state index in [0.717, 1.165) is 11.3 Å². The van der Waals surface area contributed by atoms with Crippen LogP contribution in [-0.4, -0.2) is 43.0 Å². The molecule has 1 aliphatic rings. The number of para-hydroxylation sites is 1. The van der Waals surface area contributed by atoms with Gasteiger partial charge in [-0.1, -0.05) is 18.2 Å². The number of ether oxygens (including phenoxy) is 1. The van der Waals surface area contributed by atoms with Gasteiger partial charge in [0.05, 0.1) is 7.11 Å². The molecule has 1 fully saturated rings. The van der Waals surface area contributed by atoms with Crippen LogP contribution in [0.25, 0.3) is 0 Å². The van der Waals surface area contributed by atoms with Crippen molar-refractivity contribution in [2.75, 3.05) is 14.2 Å². The van der Waals surface area contributed by atoms with Crippen LogP contribution in [0.4, 0.5) is 0 Å². The van der Waals surface area contributed by atoms with Gasteiger partial charge in [-0.25, -0.2) is 0 Å². The molecule has 1 aromatic carbocycles. The van der Waals surface area contributed by atoms with Crippen LogP contribution in [0, 0.1) is 0 Å². The molecule has 0 aliphatic carbocycles. The van der Waals surface area contributed by atoms with Crippen LogP contribution < -0.4 is 10.1 Å². The molecule has 2 rings (SSSR count). The molecule has 114 valence electrons. The van der Waals surface area contributed by atoms with Crippen LogP contribution in [0.1, 0.15) is 25.3 Å². The van der Waals surface area contributed by atoms with Crippen LogP contribution in [0.5, 0.6) is 5.75 Å². The summed E-state index contributed by atoms with van der Waals surface area (Å²) in [6.45, 7) is 2.00. The van der Waals surface area contributed by atoms with Gasteiger partial charge in [0.1, 0.15) is 11.8 Å². The lowest BCUT2D eigenvalue weighted by Gasteiger charge is -2.28. The van der Waals surface area contributed by atoms with Crippen LogP contribution in [0.3, 0.4) is 0 Å². The molecular weight excluding hydrogens is 268 g/mol. The van der Waals surface area contributed by atoms with Gasteiger partial charge in [0.2, 0.25) is 11.8 Å². The number of nitrogens with zero attached hydrogens (tertiary/aromatic N) is 1. The van der Waals surface area contributed by atoms with E-state index in [2.05, 4.69) is 5.32 Å². The Kier molecular flexibility index (Phi) is 4.83. The minimum atomic E-state index is -0.373. The highest BCUT2D eigenvalue weighted by Crippen LogP contribution is 2.21. The van der Waals surface area contributed by atoms with E-state index in [9.17, 15) is 9.59 Å². The van der Waals surface area contributed by atoms with E-state index >= 15 is 0 Å². The molecule has 0 aromatic heterocycles. The molecule has 2 atom stereocenters. The van der Waals surface area contributed by atoms with Gasteiger partial charge in [-0.2, -0.15) is 0 Å². The Morgan fingerprint density at radius 2 is 2.19 bits per heavy atom. The molecular formula is C16H22N2O3. The lowest BCUT2D eigenvalue weighted by Crippen LogP contribution is -2.46. The Morgan fingerprint density at radius 1 is 1.48 bits per heavy atom. The molecule has 1 aromatic rings. The molecule has 1 N–H and O–H groups in total. The third-order valence-corrected chi connectivity index (χ3v) is 4.01. The van der Waals surface area contributed by atoms with Gasteiger partial charge in [-0.3, -0.25) is 9.59 Å². The monoisotopic (exact) mass is 290 g/mol. The molecule has 0 unspecified atom stereocenters. The van der Waals surface area contributed by atoms with Gasteiger partial charge in [0, 0.05) is 19.5 Å². The minimum absolute atomic E-state index is 0.0248. The third-order valence-electron chi connectivity index (χ3n) is 4.01. The van der Waals surface area contributed by atoms with E-state index in [1.54, 1.807) is 19.1 Å². The normalized spacial score (nSPS) is 19.0. The van der Waals surface area contributed by atoms with Crippen molar-refractivity contribution in [3.63, 3.8) is 0 Å². The Labute approximate surface area is 125 Å². The van der Waals surface area contributed by atoms with E-state index in [-0.39, 0.29) is 23.9 Å². The van der Waals surface area contributed by atoms with Crippen molar-refractivity contribution in [1.29, 1.82) is 0 Å². The van der Waals surface area contributed by atoms with Gasteiger partial charge in [0.15, 0.2) is 0 Å². The number of methoxy groups -OCH3 is 1. The summed E-state index contributed by atoms with van der Waals surface area (Å²) in [5, 5.41) is 2.72. The molecule has 1 saturated heterocycles. The standard InChI is InChI=1S/C16H22N2O3/c1-11(10-12-6-4-5-7-14(12)21-3)18(2)16(20)13-8-9-15(19)17-13/h4-7,11,13H,8-10H2,1-3H3,(H,17,19)/t11-,13+/m0/s1. The second-order valence-electron chi connectivity index (χ2n) is 5.47. The zero-order chi connectivity index (χ0) is 15.4. The average molecular weight is 290 g/mol. The molecule has 5 nitrogen and oxygen atoms in total. The van der Waals surface area contributed by atoms with E-state index in [0.29, 0.717) is 19.3 Å². The molecule has 21 heavy (non-hydrogen) atoms. The SMILES string of the molecule is COc1ccccc1C[C@H](C)N(C)C(=O)[C@H]1CCC(=O)N1. The Bertz CT molecular complexity index is 530. The molecule has 0 spiro atoms. The number of benzene rings is 1. The van der Waals surface area contributed by atoms with E-state index in [1.807, 2.05) is 31.2 Å². The smallest absolute Gasteiger partial charge is 0.245 e. The van der Waals surface area contributed by atoms with E-state index in [4.69, 9.17) is 4.74 Å². The number of carbonyl (C=O) groups is 2. The summed E-state index contributed by atoms with van der Waals surface area (Å²) in [6, 6.07) is 7.47. The number of carbonyl (C=O) groups excluding carboxylic acids is 2. The van der Waals surface area contributed by atoms with Gasteiger partial charge < -0.3 is 15.0 Å². The lowest BCUT2D eigenvalue weighted by atomic mass is 10.0. The summed E-state index contributed by atoms with van der Waals surface area (Å²) in [5.41, 5.74) is 1.07. The van der Waals surface area contributed by atoms with Crippen LogP contribution in [0.2, 0.25) is 0 Å². The first kappa shape index (κ1) is 15.4. The Morgan fingerprint density at radius 3 is 2.81 bits per heavy atom. The lowest BCUT2D eigenvalue weighted by molar-refractivity contribution is -0.134. The van der Waals surface area contributed by atoms with Crippen molar-refractivity contribution in [3.05, 3.63) is 29.8 Å². The number of hydrogen-bond donors (Lipinski definition) is 1. The largest absolute Gasteiger partial charge is 0.496 e. The quantitative estimate of drug-likeness (QED) is 0.891. The number of rotatable bonds is 5. The van der Waals surface area contributed by atoms with E-state index < -0.39 is 0 Å². The van der Waals surface area contributed by atoms with Gasteiger partial charge in [-0.15, -0.1) is 0 Å².